The fourth-order valence-corrected chi connectivity index (χ4v) is 1.77. The van der Waals surface area contributed by atoms with Crippen LogP contribution in [0.1, 0.15) is 13.8 Å². The Morgan fingerprint density at radius 3 is 2.52 bits per heavy atom. The van der Waals surface area contributed by atoms with Gasteiger partial charge in [-0.1, -0.05) is 13.0 Å². The van der Waals surface area contributed by atoms with Crippen molar-refractivity contribution in [2.45, 2.75) is 20.0 Å². The molecule has 0 aromatic heterocycles. The van der Waals surface area contributed by atoms with Crippen molar-refractivity contribution in [3.8, 4) is 11.5 Å². The van der Waals surface area contributed by atoms with E-state index in [0.29, 0.717) is 13.1 Å². The average molecular weight is 317 g/mol. The second kappa shape index (κ2) is 10.3. The predicted octanol–water partition coefficient (Wildman–Crippen LogP) is 1.86. The molecule has 0 heterocycles. The van der Waals surface area contributed by atoms with E-state index in [1.807, 2.05) is 45.2 Å². The minimum atomic E-state index is -0.104. The van der Waals surface area contributed by atoms with Crippen LogP contribution in [0, 0.1) is 5.92 Å². The summed E-state index contributed by atoms with van der Waals surface area (Å²) in [5, 5.41) is 5.86. The van der Waals surface area contributed by atoms with Gasteiger partial charge in [0.05, 0.1) is 13.7 Å². The lowest BCUT2D eigenvalue weighted by Crippen LogP contribution is -2.39. The molecule has 21 heavy (non-hydrogen) atoms. The summed E-state index contributed by atoms with van der Waals surface area (Å²) < 4.78 is 10.9. The van der Waals surface area contributed by atoms with Crippen LogP contribution in [0.15, 0.2) is 24.3 Å². The van der Waals surface area contributed by atoms with Crippen LogP contribution in [0.5, 0.6) is 11.5 Å². The molecule has 6 heteroatoms. The van der Waals surface area contributed by atoms with Gasteiger partial charge in [-0.3, -0.25) is 4.79 Å². The van der Waals surface area contributed by atoms with Crippen LogP contribution < -0.4 is 20.1 Å². The van der Waals surface area contributed by atoms with E-state index in [1.165, 1.54) is 0 Å². The quantitative estimate of drug-likeness (QED) is 0.768. The summed E-state index contributed by atoms with van der Waals surface area (Å²) in [6.07, 6.45) is -0.104. The molecule has 1 rings (SSSR count). The normalized spacial score (nSPS) is 12.8. The van der Waals surface area contributed by atoms with Crippen LogP contribution in [-0.4, -0.2) is 39.3 Å². The molecule has 1 amide bonds. The summed E-state index contributed by atoms with van der Waals surface area (Å²) >= 11 is 0. The van der Waals surface area contributed by atoms with Crippen LogP contribution in [0.3, 0.4) is 0 Å². The Balaban J connectivity index is 0.00000400. The number of ether oxygens (including phenoxy) is 2. The second-order valence-electron chi connectivity index (χ2n) is 4.81. The van der Waals surface area contributed by atoms with Crippen LogP contribution in [0.4, 0.5) is 0 Å². The van der Waals surface area contributed by atoms with E-state index in [-0.39, 0.29) is 30.3 Å². The number of methoxy groups -OCH3 is 1. The average Bonchev–Trinajstić information content (AvgIpc) is 2.45. The number of hydrogen-bond donors (Lipinski definition) is 2. The van der Waals surface area contributed by atoms with E-state index >= 15 is 0 Å². The first-order valence-corrected chi connectivity index (χ1v) is 6.79. The molecular formula is C15H25ClN2O3. The van der Waals surface area contributed by atoms with Crippen molar-refractivity contribution in [3.63, 3.8) is 0 Å². The lowest BCUT2D eigenvalue weighted by Gasteiger charge is -2.17. The van der Waals surface area contributed by atoms with Crippen molar-refractivity contribution in [2.75, 3.05) is 27.2 Å². The lowest BCUT2D eigenvalue weighted by atomic mass is 10.1. The van der Waals surface area contributed by atoms with Gasteiger partial charge in [0.15, 0.2) is 0 Å². The van der Waals surface area contributed by atoms with Crippen molar-refractivity contribution in [1.82, 2.24) is 10.6 Å². The Labute approximate surface area is 132 Å². The maximum absolute atomic E-state index is 11.8. The molecule has 0 radical (unpaired) electrons. The zero-order valence-corrected chi connectivity index (χ0v) is 13.8. The highest BCUT2D eigenvalue weighted by molar-refractivity contribution is 5.85. The van der Waals surface area contributed by atoms with Crippen molar-refractivity contribution >= 4 is 18.3 Å². The molecule has 0 saturated carbocycles. The second-order valence-corrected chi connectivity index (χ2v) is 4.81. The summed E-state index contributed by atoms with van der Waals surface area (Å²) in [5.74, 6) is 1.46. The number of nitrogens with one attached hydrogen (secondary N) is 2. The number of hydrogen-bond acceptors (Lipinski definition) is 4. The highest BCUT2D eigenvalue weighted by atomic mass is 35.5. The standard InChI is InChI=1S/C15H24N2O3.ClH/c1-11(9-16-3)15(18)17-10-12(2)20-14-7-5-6-13(8-14)19-4;/h5-8,11-12,16H,9-10H2,1-4H3,(H,17,18);1H. The van der Waals surface area contributed by atoms with E-state index in [4.69, 9.17) is 9.47 Å². The molecule has 1 aromatic rings. The lowest BCUT2D eigenvalue weighted by molar-refractivity contribution is -0.124. The van der Waals surface area contributed by atoms with Crippen LogP contribution in [0.25, 0.3) is 0 Å². The molecule has 0 spiro atoms. The Morgan fingerprint density at radius 2 is 1.90 bits per heavy atom. The van der Waals surface area contributed by atoms with E-state index in [1.54, 1.807) is 7.11 Å². The predicted molar refractivity (Wildman–Crippen MR) is 86.4 cm³/mol. The highest BCUT2D eigenvalue weighted by Gasteiger charge is 2.13. The van der Waals surface area contributed by atoms with E-state index in [9.17, 15) is 4.79 Å². The zero-order valence-electron chi connectivity index (χ0n) is 13.0. The number of carbonyl (C=O) groups excluding carboxylic acids is 1. The number of rotatable bonds is 8. The van der Waals surface area contributed by atoms with Gasteiger partial charge >= 0.3 is 0 Å². The molecule has 0 bridgehead atoms. The fourth-order valence-electron chi connectivity index (χ4n) is 1.77. The van der Waals surface area contributed by atoms with Crippen LogP contribution in [0.2, 0.25) is 0 Å². The Hall–Kier alpha value is -1.46. The molecule has 0 aliphatic carbocycles. The minimum Gasteiger partial charge on any atom is -0.497 e. The molecule has 1 aromatic carbocycles. The van der Waals surface area contributed by atoms with E-state index in [0.717, 1.165) is 11.5 Å². The number of benzene rings is 1. The molecule has 2 unspecified atom stereocenters. The monoisotopic (exact) mass is 316 g/mol. The zero-order chi connectivity index (χ0) is 15.0. The first-order valence-electron chi connectivity index (χ1n) is 6.79. The SMILES string of the molecule is CNCC(C)C(=O)NCC(C)Oc1cccc(OC)c1.Cl. The molecular weight excluding hydrogens is 292 g/mol. The summed E-state index contributed by atoms with van der Waals surface area (Å²) in [5.41, 5.74) is 0. The summed E-state index contributed by atoms with van der Waals surface area (Å²) in [6.45, 7) is 4.95. The van der Waals surface area contributed by atoms with Gasteiger partial charge in [-0.15, -0.1) is 12.4 Å². The molecule has 0 aliphatic rings. The van der Waals surface area contributed by atoms with Crippen LogP contribution >= 0.6 is 12.4 Å². The first kappa shape index (κ1) is 19.5. The minimum absolute atomic E-state index is 0. The van der Waals surface area contributed by atoms with Gasteiger partial charge in [-0.05, 0) is 26.1 Å². The third kappa shape index (κ3) is 7.20. The van der Waals surface area contributed by atoms with Crippen molar-refractivity contribution in [1.29, 1.82) is 0 Å². The Morgan fingerprint density at radius 1 is 1.24 bits per heavy atom. The summed E-state index contributed by atoms with van der Waals surface area (Å²) in [6, 6.07) is 7.42. The Bertz CT molecular complexity index is 429. The molecule has 2 atom stereocenters. The van der Waals surface area contributed by atoms with E-state index in [2.05, 4.69) is 10.6 Å². The molecule has 120 valence electrons. The van der Waals surface area contributed by atoms with Gasteiger partial charge < -0.3 is 20.1 Å². The highest BCUT2D eigenvalue weighted by Crippen LogP contribution is 2.19. The third-order valence-electron chi connectivity index (χ3n) is 2.90. The summed E-state index contributed by atoms with van der Waals surface area (Å²) in [7, 11) is 3.45. The molecule has 0 fully saturated rings. The van der Waals surface area contributed by atoms with E-state index < -0.39 is 0 Å². The fraction of sp³-hybridized carbons (Fsp3) is 0.533. The van der Waals surface area contributed by atoms with Crippen molar-refractivity contribution in [2.24, 2.45) is 5.92 Å². The third-order valence-corrected chi connectivity index (χ3v) is 2.90. The topological polar surface area (TPSA) is 59.6 Å². The van der Waals surface area contributed by atoms with Gasteiger partial charge in [-0.2, -0.15) is 0 Å². The maximum atomic E-state index is 11.8. The maximum Gasteiger partial charge on any atom is 0.224 e. The number of carbonyl (C=O) groups is 1. The molecule has 0 saturated heterocycles. The van der Waals surface area contributed by atoms with Gasteiger partial charge in [0.25, 0.3) is 0 Å². The van der Waals surface area contributed by atoms with Crippen LogP contribution in [-0.2, 0) is 4.79 Å². The first-order chi connectivity index (χ1) is 9.56. The smallest absolute Gasteiger partial charge is 0.224 e. The molecule has 2 N–H and O–H groups in total. The Kier molecular flexibility index (Phi) is 9.58. The van der Waals surface area contributed by atoms with Crippen molar-refractivity contribution in [3.05, 3.63) is 24.3 Å². The molecule has 5 nitrogen and oxygen atoms in total. The van der Waals surface area contributed by atoms with Gasteiger partial charge in [-0.25, -0.2) is 0 Å². The van der Waals surface area contributed by atoms with Gasteiger partial charge in [0, 0.05) is 18.5 Å². The summed E-state index contributed by atoms with van der Waals surface area (Å²) in [4.78, 5) is 11.8. The van der Waals surface area contributed by atoms with Gasteiger partial charge in [0.2, 0.25) is 5.91 Å². The van der Waals surface area contributed by atoms with Crippen molar-refractivity contribution < 1.29 is 14.3 Å². The number of halogens is 1. The number of amides is 1. The van der Waals surface area contributed by atoms with Gasteiger partial charge in [0.1, 0.15) is 17.6 Å². The molecule has 0 aliphatic heterocycles. The largest absolute Gasteiger partial charge is 0.497 e.